The lowest BCUT2D eigenvalue weighted by Crippen LogP contribution is -2.29. The lowest BCUT2D eigenvalue weighted by molar-refractivity contribution is 0.0951. The molecular formula is C20H25N3O2. The van der Waals surface area contributed by atoms with Crippen LogP contribution >= 0.6 is 0 Å². The Labute approximate surface area is 149 Å². The van der Waals surface area contributed by atoms with Crippen LogP contribution in [-0.4, -0.2) is 36.0 Å². The number of nitrogens with zero attached hydrogens (tertiary/aromatic N) is 2. The van der Waals surface area contributed by atoms with Gasteiger partial charge in [0.1, 0.15) is 0 Å². The quantitative estimate of drug-likeness (QED) is 0.879. The number of piperidine rings is 1. The Hall–Kier alpha value is -2.40. The van der Waals surface area contributed by atoms with E-state index in [0.29, 0.717) is 18.0 Å². The summed E-state index contributed by atoms with van der Waals surface area (Å²) in [5.41, 5.74) is 2.89. The third-order valence-corrected chi connectivity index (χ3v) is 4.53. The van der Waals surface area contributed by atoms with Crippen molar-refractivity contribution in [3.05, 3.63) is 59.3 Å². The molecule has 0 aliphatic carbocycles. The van der Waals surface area contributed by atoms with E-state index in [1.807, 2.05) is 18.2 Å². The highest BCUT2D eigenvalue weighted by Crippen LogP contribution is 2.14. The van der Waals surface area contributed by atoms with Gasteiger partial charge in [-0.3, -0.25) is 9.69 Å². The molecule has 1 amide bonds. The van der Waals surface area contributed by atoms with Gasteiger partial charge in [-0.25, -0.2) is 4.98 Å². The van der Waals surface area contributed by atoms with Gasteiger partial charge in [-0.15, -0.1) is 0 Å². The van der Waals surface area contributed by atoms with E-state index in [9.17, 15) is 4.79 Å². The molecule has 0 unspecified atom stereocenters. The second-order valence-corrected chi connectivity index (χ2v) is 6.43. The highest BCUT2D eigenvalue weighted by molar-refractivity contribution is 5.94. The SMILES string of the molecule is COc1ccc(CNC(=O)c2ccc(CN3CCCCC3)cc2)cn1. The van der Waals surface area contributed by atoms with Crippen molar-refractivity contribution < 1.29 is 9.53 Å². The second-order valence-electron chi connectivity index (χ2n) is 6.43. The zero-order valence-electron chi connectivity index (χ0n) is 14.7. The summed E-state index contributed by atoms with van der Waals surface area (Å²) in [4.78, 5) is 18.9. The Morgan fingerprint density at radius 2 is 1.80 bits per heavy atom. The molecule has 0 atom stereocenters. The molecule has 1 aromatic heterocycles. The number of methoxy groups -OCH3 is 1. The number of hydrogen-bond donors (Lipinski definition) is 1. The molecular weight excluding hydrogens is 314 g/mol. The average molecular weight is 339 g/mol. The molecule has 2 heterocycles. The van der Waals surface area contributed by atoms with E-state index in [1.165, 1.54) is 37.9 Å². The molecule has 1 fully saturated rings. The van der Waals surface area contributed by atoms with Crippen LogP contribution in [0.15, 0.2) is 42.6 Å². The largest absolute Gasteiger partial charge is 0.481 e. The van der Waals surface area contributed by atoms with Gasteiger partial charge in [-0.2, -0.15) is 0 Å². The topological polar surface area (TPSA) is 54.5 Å². The fourth-order valence-electron chi connectivity index (χ4n) is 3.06. The number of rotatable bonds is 6. The Morgan fingerprint density at radius 1 is 1.08 bits per heavy atom. The van der Waals surface area contributed by atoms with Gasteiger partial charge in [-0.05, 0) is 49.2 Å². The summed E-state index contributed by atoms with van der Waals surface area (Å²) >= 11 is 0. The molecule has 25 heavy (non-hydrogen) atoms. The van der Waals surface area contributed by atoms with Crippen molar-refractivity contribution in [2.24, 2.45) is 0 Å². The fourth-order valence-corrected chi connectivity index (χ4v) is 3.06. The highest BCUT2D eigenvalue weighted by Gasteiger charge is 2.11. The summed E-state index contributed by atoms with van der Waals surface area (Å²) < 4.78 is 5.03. The number of pyridine rings is 1. The van der Waals surface area contributed by atoms with Crippen LogP contribution in [0.1, 0.15) is 40.7 Å². The zero-order chi connectivity index (χ0) is 17.5. The smallest absolute Gasteiger partial charge is 0.251 e. The summed E-state index contributed by atoms with van der Waals surface area (Å²) in [6.07, 6.45) is 5.64. The molecule has 1 aliphatic rings. The Kier molecular flexibility index (Phi) is 6.01. The van der Waals surface area contributed by atoms with Crippen molar-refractivity contribution in [2.45, 2.75) is 32.4 Å². The first kappa shape index (κ1) is 17.4. The van der Waals surface area contributed by atoms with E-state index in [1.54, 1.807) is 19.4 Å². The Balaban J connectivity index is 1.51. The third kappa shape index (κ3) is 5.03. The van der Waals surface area contributed by atoms with E-state index in [-0.39, 0.29) is 5.91 Å². The van der Waals surface area contributed by atoms with E-state index >= 15 is 0 Å². The third-order valence-electron chi connectivity index (χ3n) is 4.53. The first-order valence-corrected chi connectivity index (χ1v) is 8.83. The predicted octanol–water partition coefficient (Wildman–Crippen LogP) is 3.01. The van der Waals surface area contributed by atoms with E-state index < -0.39 is 0 Å². The van der Waals surface area contributed by atoms with Crippen LogP contribution in [-0.2, 0) is 13.1 Å². The second kappa shape index (κ2) is 8.62. The van der Waals surface area contributed by atoms with Crippen molar-refractivity contribution >= 4 is 5.91 Å². The molecule has 0 radical (unpaired) electrons. The van der Waals surface area contributed by atoms with Crippen LogP contribution in [0.5, 0.6) is 5.88 Å². The first-order chi connectivity index (χ1) is 12.2. The maximum atomic E-state index is 12.3. The zero-order valence-corrected chi connectivity index (χ0v) is 14.7. The number of likely N-dealkylation sites (tertiary alicyclic amines) is 1. The molecule has 1 N–H and O–H groups in total. The molecule has 132 valence electrons. The average Bonchev–Trinajstić information content (AvgIpc) is 2.68. The first-order valence-electron chi connectivity index (χ1n) is 8.83. The number of carbonyl (C=O) groups is 1. The number of amides is 1. The van der Waals surface area contributed by atoms with Crippen LogP contribution in [0.4, 0.5) is 0 Å². The molecule has 0 saturated carbocycles. The van der Waals surface area contributed by atoms with Gasteiger partial charge in [0.25, 0.3) is 5.91 Å². The van der Waals surface area contributed by atoms with Gasteiger partial charge in [0.2, 0.25) is 5.88 Å². The van der Waals surface area contributed by atoms with Crippen LogP contribution < -0.4 is 10.1 Å². The fraction of sp³-hybridized carbons (Fsp3) is 0.400. The molecule has 1 saturated heterocycles. The van der Waals surface area contributed by atoms with Gasteiger partial charge >= 0.3 is 0 Å². The van der Waals surface area contributed by atoms with Gasteiger partial charge in [0.05, 0.1) is 7.11 Å². The van der Waals surface area contributed by atoms with E-state index in [0.717, 1.165) is 12.1 Å². The Bertz CT molecular complexity index is 677. The van der Waals surface area contributed by atoms with Crippen LogP contribution in [0.25, 0.3) is 0 Å². The minimum Gasteiger partial charge on any atom is -0.481 e. The van der Waals surface area contributed by atoms with Crippen molar-refractivity contribution in [3.8, 4) is 5.88 Å². The number of benzene rings is 1. The summed E-state index contributed by atoms with van der Waals surface area (Å²) in [5.74, 6) is 0.500. The lowest BCUT2D eigenvalue weighted by Gasteiger charge is -2.26. The molecule has 1 aliphatic heterocycles. The van der Waals surface area contributed by atoms with Gasteiger partial charge in [0.15, 0.2) is 0 Å². The number of nitrogens with one attached hydrogen (secondary N) is 1. The van der Waals surface area contributed by atoms with Crippen LogP contribution in [0.2, 0.25) is 0 Å². The maximum absolute atomic E-state index is 12.3. The molecule has 1 aromatic carbocycles. The standard InChI is InChI=1S/C20H25N3O2/c1-25-19-10-7-17(13-21-19)14-22-20(24)18-8-5-16(6-9-18)15-23-11-3-2-4-12-23/h5-10,13H,2-4,11-12,14-15H2,1H3,(H,22,24). The molecule has 3 rings (SSSR count). The molecule has 2 aromatic rings. The monoisotopic (exact) mass is 339 g/mol. The van der Waals surface area contributed by atoms with Gasteiger partial charge in [0, 0.05) is 30.9 Å². The number of carbonyl (C=O) groups excluding carboxylic acids is 1. The molecule has 0 spiro atoms. The van der Waals surface area contributed by atoms with Crippen molar-refractivity contribution in [1.82, 2.24) is 15.2 Å². The molecule has 5 heteroatoms. The van der Waals surface area contributed by atoms with Crippen LogP contribution in [0, 0.1) is 0 Å². The van der Waals surface area contributed by atoms with Crippen LogP contribution in [0.3, 0.4) is 0 Å². The minimum absolute atomic E-state index is 0.0691. The summed E-state index contributed by atoms with van der Waals surface area (Å²) in [6, 6.07) is 11.6. The summed E-state index contributed by atoms with van der Waals surface area (Å²) in [5, 5.41) is 2.92. The van der Waals surface area contributed by atoms with Crippen molar-refractivity contribution in [2.75, 3.05) is 20.2 Å². The number of hydrogen-bond acceptors (Lipinski definition) is 4. The predicted molar refractivity (Wildman–Crippen MR) is 97.5 cm³/mol. The molecule has 0 bridgehead atoms. The highest BCUT2D eigenvalue weighted by atomic mass is 16.5. The normalized spacial score (nSPS) is 14.9. The number of aromatic nitrogens is 1. The Morgan fingerprint density at radius 3 is 2.44 bits per heavy atom. The lowest BCUT2D eigenvalue weighted by atomic mass is 10.1. The molecule has 5 nitrogen and oxygen atoms in total. The van der Waals surface area contributed by atoms with E-state index in [4.69, 9.17) is 4.74 Å². The van der Waals surface area contributed by atoms with Crippen molar-refractivity contribution in [3.63, 3.8) is 0 Å². The van der Waals surface area contributed by atoms with Crippen molar-refractivity contribution in [1.29, 1.82) is 0 Å². The number of ether oxygens (including phenoxy) is 1. The summed E-state index contributed by atoms with van der Waals surface area (Å²) in [7, 11) is 1.58. The summed E-state index contributed by atoms with van der Waals surface area (Å²) in [6.45, 7) is 3.78. The van der Waals surface area contributed by atoms with Gasteiger partial charge < -0.3 is 10.1 Å². The minimum atomic E-state index is -0.0691. The maximum Gasteiger partial charge on any atom is 0.251 e. The van der Waals surface area contributed by atoms with Gasteiger partial charge in [-0.1, -0.05) is 24.6 Å². The van der Waals surface area contributed by atoms with E-state index in [2.05, 4.69) is 27.3 Å².